The van der Waals surface area contributed by atoms with Crippen molar-refractivity contribution in [3.05, 3.63) is 0 Å². The molecule has 3 saturated heterocycles. The Morgan fingerprint density at radius 1 is 0.893 bits per heavy atom. The second-order valence-corrected chi connectivity index (χ2v) is 10.8. The largest absolute Gasteiger partial charge is 0.340 e. The van der Waals surface area contributed by atoms with Gasteiger partial charge in [0.15, 0.2) is 0 Å². The lowest BCUT2D eigenvalue weighted by atomic mass is 9.49. The van der Waals surface area contributed by atoms with Crippen LogP contribution >= 0.6 is 12.4 Å². The Hall–Kier alpha value is -0.810. The molecule has 3 heterocycles. The summed E-state index contributed by atoms with van der Waals surface area (Å²) in [5.74, 6) is 4.20. The number of carbonyl (C=O) groups is 2. The molecule has 0 aromatic heterocycles. The lowest BCUT2D eigenvalue weighted by Gasteiger charge is -2.56. The fourth-order valence-electron chi connectivity index (χ4n) is 8.19. The topological polar surface area (TPSA) is 52.7 Å². The molecule has 28 heavy (non-hydrogen) atoms. The van der Waals surface area contributed by atoms with Gasteiger partial charge < -0.3 is 15.1 Å². The number of nitrogens with one attached hydrogen (secondary N) is 1. The van der Waals surface area contributed by atoms with Crippen LogP contribution in [0, 0.1) is 35.0 Å². The molecule has 7 rings (SSSR count). The molecule has 7 aliphatic rings. The Morgan fingerprint density at radius 3 is 2.04 bits per heavy atom. The SMILES string of the molecule is Cl.O=C(C1CCCN1C(=O)C12CC3CC(CC(C3)C1)C2)N1C[C@H]2CNC[C@H]2C1. The molecule has 3 aliphatic heterocycles. The van der Waals surface area contributed by atoms with Gasteiger partial charge in [0.05, 0.1) is 5.41 Å². The summed E-state index contributed by atoms with van der Waals surface area (Å²) in [4.78, 5) is 31.2. The van der Waals surface area contributed by atoms with Crippen molar-refractivity contribution in [1.82, 2.24) is 15.1 Å². The smallest absolute Gasteiger partial charge is 0.245 e. The maximum absolute atomic E-state index is 13.8. The van der Waals surface area contributed by atoms with Crippen molar-refractivity contribution in [2.45, 2.75) is 57.4 Å². The first-order valence-corrected chi connectivity index (χ1v) is 11.4. The number of hydrogen-bond donors (Lipinski definition) is 1. The highest BCUT2D eigenvalue weighted by molar-refractivity contribution is 5.91. The Balaban J connectivity index is 0.00000171. The molecule has 4 saturated carbocycles. The highest BCUT2D eigenvalue weighted by atomic mass is 35.5. The van der Waals surface area contributed by atoms with E-state index in [2.05, 4.69) is 10.2 Å². The third-order valence-electron chi connectivity index (χ3n) is 8.99. The number of likely N-dealkylation sites (tertiary alicyclic amines) is 2. The second-order valence-electron chi connectivity index (χ2n) is 10.8. The monoisotopic (exact) mass is 407 g/mol. The lowest BCUT2D eigenvalue weighted by molar-refractivity contribution is -0.161. The van der Waals surface area contributed by atoms with Crippen LogP contribution in [0.25, 0.3) is 0 Å². The van der Waals surface area contributed by atoms with Crippen LogP contribution < -0.4 is 5.32 Å². The van der Waals surface area contributed by atoms with E-state index in [0.717, 1.165) is 82.6 Å². The standard InChI is InChI=1S/C22H33N3O2.ClH/c26-20(24-12-17-10-23-11-18(17)13-24)19-2-1-3-25(19)21(27)22-7-14-4-15(8-22)6-16(5-14)9-22;/h14-19,23H,1-13H2;1H/t14?,15?,16?,17-,18+,19?,22?;. The first-order chi connectivity index (χ1) is 13.1. The van der Waals surface area contributed by atoms with E-state index >= 15 is 0 Å². The van der Waals surface area contributed by atoms with Gasteiger partial charge in [-0.15, -0.1) is 12.4 Å². The normalized spacial score (nSPS) is 46.0. The average Bonchev–Trinajstić information content (AvgIpc) is 3.35. The summed E-state index contributed by atoms with van der Waals surface area (Å²) in [7, 11) is 0. The maximum Gasteiger partial charge on any atom is 0.245 e. The Labute approximate surface area is 174 Å². The van der Waals surface area contributed by atoms with Crippen molar-refractivity contribution in [1.29, 1.82) is 0 Å². The number of carbonyl (C=O) groups excluding carboxylic acids is 2. The van der Waals surface area contributed by atoms with Gasteiger partial charge in [0.2, 0.25) is 11.8 Å². The van der Waals surface area contributed by atoms with E-state index < -0.39 is 0 Å². The number of rotatable bonds is 2. The zero-order chi connectivity index (χ0) is 18.2. The maximum atomic E-state index is 13.8. The van der Waals surface area contributed by atoms with E-state index in [1.54, 1.807) is 0 Å². The number of nitrogens with zero attached hydrogens (tertiary/aromatic N) is 2. The fourth-order valence-corrected chi connectivity index (χ4v) is 8.19. The highest BCUT2D eigenvalue weighted by Gasteiger charge is 2.57. The summed E-state index contributed by atoms with van der Waals surface area (Å²) in [6, 6.07) is -0.169. The predicted octanol–water partition coefficient (Wildman–Crippen LogP) is 2.29. The van der Waals surface area contributed by atoms with Gasteiger partial charge in [0, 0.05) is 32.7 Å². The summed E-state index contributed by atoms with van der Waals surface area (Å²) in [6.07, 6.45) is 9.27. The van der Waals surface area contributed by atoms with Crippen molar-refractivity contribution in [3.63, 3.8) is 0 Å². The Kier molecular flexibility index (Phi) is 4.70. The minimum Gasteiger partial charge on any atom is -0.340 e. The Bertz CT molecular complexity index is 621. The van der Waals surface area contributed by atoms with Gasteiger partial charge in [0.25, 0.3) is 0 Å². The molecule has 2 amide bonds. The highest BCUT2D eigenvalue weighted by Crippen LogP contribution is 2.60. The van der Waals surface area contributed by atoms with Gasteiger partial charge in [-0.1, -0.05) is 0 Å². The van der Waals surface area contributed by atoms with Crippen molar-refractivity contribution >= 4 is 24.2 Å². The van der Waals surface area contributed by atoms with Crippen LogP contribution in [0.1, 0.15) is 51.4 Å². The first kappa shape index (κ1) is 19.2. The molecule has 7 fully saturated rings. The summed E-state index contributed by atoms with van der Waals surface area (Å²) in [6.45, 7) is 4.70. The lowest BCUT2D eigenvalue weighted by Crippen LogP contribution is -2.57. The van der Waals surface area contributed by atoms with Crippen molar-refractivity contribution in [2.75, 3.05) is 32.7 Å². The molecule has 156 valence electrons. The van der Waals surface area contributed by atoms with E-state index in [4.69, 9.17) is 0 Å². The average molecular weight is 408 g/mol. The van der Waals surface area contributed by atoms with E-state index in [-0.39, 0.29) is 29.8 Å². The van der Waals surface area contributed by atoms with Gasteiger partial charge in [-0.05, 0) is 81.0 Å². The molecule has 0 aromatic carbocycles. The van der Waals surface area contributed by atoms with Crippen LogP contribution in [0.2, 0.25) is 0 Å². The summed E-state index contributed by atoms with van der Waals surface area (Å²) in [5, 5.41) is 3.45. The van der Waals surface area contributed by atoms with Crippen molar-refractivity contribution in [3.8, 4) is 0 Å². The molecule has 0 spiro atoms. The van der Waals surface area contributed by atoms with Gasteiger partial charge in [-0.2, -0.15) is 0 Å². The molecule has 4 aliphatic carbocycles. The molecule has 1 N–H and O–H groups in total. The van der Waals surface area contributed by atoms with Gasteiger partial charge in [0.1, 0.15) is 6.04 Å². The first-order valence-electron chi connectivity index (χ1n) is 11.4. The molecule has 3 atom stereocenters. The van der Waals surface area contributed by atoms with Crippen molar-refractivity contribution < 1.29 is 9.59 Å². The van der Waals surface area contributed by atoms with Crippen LogP contribution in [0.15, 0.2) is 0 Å². The zero-order valence-corrected chi connectivity index (χ0v) is 17.6. The van der Waals surface area contributed by atoms with Gasteiger partial charge in [-0.3, -0.25) is 9.59 Å². The minimum atomic E-state index is -0.169. The van der Waals surface area contributed by atoms with Crippen LogP contribution in [0.3, 0.4) is 0 Å². The minimum absolute atomic E-state index is 0. The van der Waals surface area contributed by atoms with Gasteiger partial charge >= 0.3 is 0 Å². The molecule has 6 heteroatoms. The number of fused-ring (bicyclic) bond motifs is 1. The summed E-state index contributed by atoms with van der Waals surface area (Å²) >= 11 is 0. The van der Waals surface area contributed by atoms with E-state index in [1.165, 1.54) is 19.3 Å². The van der Waals surface area contributed by atoms with E-state index in [9.17, 15) is 9.59 Å². The quantitative estimate of drug-likeness (QED) is 0.764. The van der Waals surface area contributed by atoms with Crippen LogP contribution in [-0.2, 0) is 9.59 Å². The molecule has 4 bridgehead atoms. The zero-order valence-electron chi connectivity index (χ0n) is 16.8. The molecule has 5 nitrogen and oxygen atoms in total. The fraction of sp³-hybridized carbons (Fsp3) is 0.909. The number of amides is 2. The second kappa shape index (κ2) is 6.87. The summed E-state index contributed by atoms with van der Waals surface area (Å²) < 4.78 is 0. The van der Waals surface area contributed by atoms with Crippen LogP contribution in [0.4, 0.5) is 0 Å². The number of hydrogen-bond acceptors (Lipinski definition) is 3. The van der Waals surface area contributed by atoms with Crippen molar-refractivity contribution in [2.24, 2.45) is 35.0 Å². The van der Waals surface area contributed by atoms with Crippen LogP contribution in [0.5, 0.6) is 0 Å². The Morgan fingerprint density at radius 2 is 1.46 bits per heavy atom. The molecule has 0 aromatic rings. The predicted molar refractivity (Wildman–Crippen MR) is 109 cm³/mol. The van der Waals surface area contributed by atoms with Crippen LogP contribution in [-0.4, -0.2) is 60.4 Å². The van der Waals surface area contributed by atoms with E-state index in [0.29, 0.717) is 17.7 Å². The van der Waals surface area contributed by atoms with E-state index in [1.807, 2.05) is 4.90 Å². The molecular formula is C22H34ClN3O2. The van der Waals surface area contributed by atoms with Gasteiger partial charge in [-0.25, -0.2) is 0 Å². The summed E-state index contributed by atoms with van der Waals surface area (Å²) in [5.41, 5.74) is -0.108. The molecule has 1 unspecified atom stereocenters. The number of halogens is 1. The third-order valence-corrected chi connectivity index (χ3v) is 8.99. The third kappa shape index (κ3) is 2.83. The molecule has 0 radical (unpaired) electrons. The molecular weight excluding hydrogens is 374 g/mol.